The Morgan fingerprint density at radius 1 is 1.03 bits per heavy atom. The van der Waals surface area contributed by atoms with E-state index in [0.29, 0.717) is 11.5 Å². The maximum atomic E-state index is 5.49. The molecule has 7 heteroatoms. The van der Waals surface area contributed by atoms with Gasteiger partial charge in [-0.3, -0.25) is 4.98 Å². The summed E-state index contributed by atoms with van der Waals surface area (Å²) >= 11 is 0. The standard InChI is InChI=1S/C25H25N5O2/c1-15-10-16(19-14-28-30-22-12-24(32-3)23(31-2)11-18(19)22)13-27-25(15)29-21-8-4-7-20-17(21)6-5-9-26-20/h5-6,9-14,21H,4,7-8H2,1-3H3,(H,27,29). The molecule has 3 heterocycles. The molecule has 0 saturated heterocycles. The summed E-state index contributed by atoms with van der Waals surface area (Å²) in [7, 11) is 3.24. The van der Waals surface area contributed by atoms with Crippen molar-refractivity contribution in [2.24, 2.45) is 0 Å². The fraction of sp³-hybridized carbons (Fsp3) is 0.280. The molecule has 0 bridgehead atoms. The van der Waals surface area contributed by atoms with Crippen LogP contribution in [0.25, 0.3) is 22.0 Å². The summed E-state index contributed by atoms with van der Waals surface area (Å²) in [5.74, 6) is 2.17. The Labute approximate surface area is 186 Å². The summed E-state index contributed by atoms with van der Waals surface area (Å²) in [6.45, 7) is 2.08. The van der Waals surface area contributed by atoms with Gasteiger partial charge in [-0.25, -0.2) is 4.98 Å². The van der Waals surface area contributed by atoms with Crippen molar-refractivity contribution >= 4 is 16.7 Å². The number of aryl methyl sites for hydroxylation is 2. The average Bonchev–Trinajstić information content (AvgIpc) is 2.84. The van der Waals surface area contributed by atoms with E-state index in [1.54, 1.807) is 20.4 Å². The van der Waals surface area contributed by atoms with E-state index < -0.39 is 0 Å². The van der Waals surface area contributed by atoms with Crippen molar-refractivity contribution in [3.8, 4) is 22.6 Å². The zero-order valence-electron chi connectivity index (χ0n) is 18.4. The Bertz CT molecular complexity index is 1290. The molecule has 1 atom stereocenters. The van der Waals surface area contributed by atoms with Gasteiger partial charge in [-0.2, -0.15) is 10.2 Å². The van der Waals surface area contributed by atoms with Crippen molar-refractivity contribution in [2.75, 3.05) is 19.5 Å². The van der Waals surface area contributed by atoms with Crippen LogP contribution in [0.1, 0.15) is 35.7 Å². The van der Waals surface area contributed by atoms with E-state index in [0.717, 1.165) is 52.7 Å². The van der Waals surface area contributed by atoms with Gasteiger partial charge in [-0.1, -0.05) is 6.07 Å². The van der Waals surface area contributed by atoms with E-state index in [1.165, 1.54) is 11.3 Å². The summed E-state index contributed by atoms with van der Waals surface area (Å²) in [5.41, 5.74) is 6.20. The molecule has 4 aromatic rings. The Kier molecular flexibility index (Phi) is 5.31. The number of aromatic nitrogens is 4. The Morgan fingerprint density at radius 2 is 1.88 bits per heavy atom. The van der Waals surface area contributed by atoms with E-state index in [1.807, 2.05) is 30.6 Å². The maximum Gasteiger partial charge on any atom is 0.162 e. The molecule has 162 valence electrons. The fourth-order valence-electron chi connectivity index (χ4n) is 4.41. The zero-order valence-corrected chi connectivity index (χ0v) is 18.4. The first-order chi connectivity index (χ1) is 15.7. The number of fused-ring (bicyclic) bond motifs is 2. The number of nitrogens with zero attached hydrogens (tertiary/aromatic N) is 4. The number of nitrogens with one attached hydrogen (secondary N) is 1. The van der Waals surface area contributed by atoms with Crippen LogP contribution in [0.15, 0.2) is 48.9 Å². The molecule has 32 heavy (non-hydrogen) atoms. The van der Waals surface area contributed by atoms with Crippen LogP contribution in [0.3, 0.4) is 0 Å². The van der Waals surface area contributed by atoms with Gasteiger partial charge in [0.05, 0.1) is 32.0 Å². The Balaban J connectivity index is 1.50. The Hall–Kier alpha value is -3.74. The molecule has 1 N–H and O–H groups in total. The van der Waals surface area contributed by atoms with Gasteiger partial charge in [0.1, 0.15) is 5.82 Å². The summed E-state index contributed by atoms with van der Waals surface area (Å²) in [4.78, 5) is 9.32. The predicted octanol–water partition coefficient (Wildman–Crippen LogP) is 4.90. The number of ether oxygens (including phenoxy) is 2. The predicted molar refractivity (Wildman–Crippen MR) is 124 cm³/mol. The molecule has 1 aliphatic rings. The van der Waals surface area contributed by atoms with Crippen molar-refractivity contribution in [2.45, 2.75) is 32.2 Å². The molecule has 0 saturated carbocycles. The average molecular weight is 428 g/mol. The maximum absolute atomic E-state index is 5.49. The van der Waals surface area contributed by atoms with Gasteiger partial charge in [-0.05, 0) is 55.5 Å². The smallest absolute Gasteiger partial charge is 0.162 e. The van der Waals surface area contributed by atoms with E-state index in [2.05, 4.69) is 39.6 Å². The SMILES string of the molecule is COc1cc2nncc(-c3cnc(NC4CCCc5ncccc54)c(C)c3)c2cc1OC. The van der Waals surface area contributed by atoms with Crippen LogP contribution in [0.2, 0.25) is 0 Å². The van der Waals surface area contributed by atoms with Crippen LogP contribution < -0.4 is 14.8 Å². The lowest BCUT2D eigenvalue weighted by Gasteiger charge is -2.26. The first kappa shape index (κ1) is 20.2. The minimum absolute atomic E-state index is 0.227. The second-order valence-corrected chi connectivity index (χ2v) is 8.00. The number of hydrogen-bond donors (Lipinski definition) is 1. The third-order valence-electron chi connectivity index (χ3n) is 6.05. The summed E-state index contributed by atoms with van der Waals surface area (Å²) in [5, 5.41) is 13.0. The lowest BCUT2D eigenvalue weighted by atomic mass is 9.91. The fourth-order valence-corrected chi connectivity index (χ4v) is 4.41. The zero-order chi connectivity index (χ0) is 22.1. The van der Waals surface area contributed by atoms with Crippen molar-refractivity contribution in [3.05, 3.63) is 65.7 Å². The molecule has 7 nitrogen and oxygen atoms in total. The molecule has 5 rings (SSSR count). The number of hydrogen-bond acceptors (Lipinski definition) is 7. The molecule has 0 spiro atoms. The molecule has 1 unspecified atom stereocenters. The largest absolute Gasteiger partial charge is 0.493 e. The minimum atomic E-state index is 0.227. The molecule has 0 fully saturated rings. The van der Waals surface area contributed by atoms with Crippen molar-refractivity contribution < 1.29 is 9.47 Å². The molecule has 0 aliphatic heterocycles. The highest BCUT2D eigenvalue weighted by Gasteiger charge is 2.22. The van der Waals surface area contributed by atoms with Crippen molar-refractivity contribution in [1.29, 1.82) is 0 Å². The van der Waals surface area contributed by atoms with Crippen LogP contribution in [0, 0.1) is 6.92 Å². The van der Waals surface area contributed by atoms with E-state index in [9.17, 15) is 0 Å². The van der Waals surface area contributed by atoms with E-state index in [-0.39, 0.29) is 6.04 Å². The summed E-state index contributed by atoms with van der Waals surface area (Å²) < 4.78 is 10.9. The first-order valence-corrected chi connectivity index (χ1v) is 10.7. The topological polar surface area (TPSA) is 82.1 Å². The quantitative estimate of drug-likeness (QED) is 0.485. The highest BCUT2D eigenvalue weighted by atomic mass is 16.5. The lowest BCUT2D eigenvalue weighted by Crippen LogP contribution is -2.19. The molecule has 0 amide bonds. The number of methoxy groups -OCH3 is 2. The first-order valence-electron chi connectivity index (χ1n) is 10.7. The van der Waals surface area contributed by atoms with Crippen LogP contribution in [-0.4, -0.2) is 34.4 Å². The van der Waals surface area contributed by atoms with Gasteiger partial charge in [0.15, 0.2) is 11.5 Å². The molecular formula is C25H25N5O2. The molecule has 3 aromatic heterocycles. The van der Waals surface area contributed by atoms with Gasteiger partial charge in [0, 0.05) is 40.7 Å². The third-order valence-corrected chi connectivity index (χ3v) is 6.05. The number of benzene rings is 1. The van der Waals surface area contributed by atoms with Crippen molar-refractivity contribution in [1.82, 2.24) is 20.2 Å². The summed E-state index contributed by atoms with van der Waals surface area (Å²) in [6.07, 6.45) is 8.75. The second-order valence-electron chi connectivity index (χ2n) is 8.00. The number of pyridine rings is 2. The van der Waals surface area contributed by atoms with Crippen molar-refractivity contribution in [3.63, 3.8) is 0 Å². The van der Waals surface area contributed by atoms with Gasteiger partial charge in [0.2, 0.25) is 0 Å². The van der Waals surface area contributed by atoms with Gasteiger partial charge >= 0.3 is 0 Å². The van der Waals surface area contributed by atoms with Crippen LogP contribution in [0.4, 0.5) is 5.82 Å². The molecular weight excluding hydrogens is 402 g/mol. The second kappa shape index (κ2) is 8.42. The highest BCUT2D eigenvalue weighted by Crippen LogP contribution is 2.37. The third kappa shape index (κ3) is 3.60. The van der Waals surface area contributed by atoms with Gasteiger partial charge < -0.3 is 14.8 Å². The van der Waals surface area contributed by atoms with E-state index >= 15 is 0 Å². The monoisotopic (exact) mass is 427 g/mol. The lowest BCUT2D eigenvalue weighted by molar-refractivity contribution is 0.356. The van der Waals surface area contributed by atoms with Crippen LogP contribution in [-0.2, 0) is 6.42 Å². The minimum Gasteiger partial charge on any atom is -0.493 e. The number of anilines is 1. The van der Waals surface area contributed by atoms with Crippen LogP contribution in [0.5, 0.6) is 11.5 Å². The van der Waals surface area contributed by atoms with Crippen LogP contribution >= 0.6 is 0 Å². The summed E-state index contributed by atoms with van der Waals surface area (Å²) in [6, 6.07) is 10.3. The number of rotatable bonds is 5. The van der Waals surface area contributed by atoms with Gasteiger partial charge in [0.25, 0.3) is 0 Å². The molecule has 1 aliphatic carbocycles. The highest BCUT2D eigenvalue weighted by molar-refractivity contribution is 5.95. The molecule has 0 radical (unpaired) electrons. The Morgan fingerprint density at radius 3 is 2.69 bits per heavy atom. The van der Waals surface area contributed by atoms with E-state index in [4.69, 9.17) is 14.5 Å². The normalized spacial score (nSPS) is 15.3. The molecule has 1 aromatic carbocycles. The van der Waals surface area contributed by atoms with Gasteiger partial charge in [-0.15, -0.1) is 0 Å².